The fourth-order valence-electron chi connectivity index (χ4n) is 2.25. The predicted octanol–water partition coefficient (Wildman–Crippen LogP) is 0.748. The second-order valence-electron chi connectivity index (χ2n) is 4.05. The molecule has 1 aliphatic rings. The second-order valence-corrected chi connectivity index (χ2v) is 4.05. The number of hydrogen-bond donors (Lipinski definition) is 1. The van der Waals surface area contributed by atoms with Crippen LogP contribution >= 0.6 is 0 Å². The van der Waals surface area contributed by atoms with Crippen molar-refractivity contribution in [2.75, 3.05) is 13.1 Å². The average Bonchev–Trinajstić information content (AvgIpc) is 2.85. The summed E-state index contributed by atoms with van der Waals surface area (Å²) in [4.78, 5) is 13.8. The van der Waals surface area contributed by atoms with Crippen LogP contribution in [-0.2, 0) is 6.54 Å². The first-order valence-electron chi connectivity index (χ1n) is 5.63. The number of aromatic nitrogens is 3. The molecule has 1 aromatic rings. The fourth-order valence-corrected chi connectivity index (χ4v) is 2.25. The van der Waals surface area contributed by atoms with Crippen molar-refractivity contribution in [3.05, 3.63) is 16.3 Å². The van der Waals surface area contributed by atoms with Crippen LogP contribution in [0.4, 0.5) is 0 Å². The molecule has 1 fully saturated rings. The summed E-state index contributed by atoms with van der Waals surface area (Å²) in [6.45, 7) is 7.00. The van der Waals surface area contributed by atoms with Crippen molar-refractivity contribution in [3.8, 4) is 0 Å². The Morgan fingerprint density at radius 2 is 2.13 bits per heavy atom. The summed E-state index contributed by atoms with van der Waals surface area (Å²) in [5, 5.41) is 6.64. The third-order valence-electron chi connectivity index (χ3n) is 3.17. The molecule has 0 aromatic carbocycles. The van der Waals surface area contributed by atoms with Crippen LogP contribution in [0.15, 0.2) is 4.79 Å². The first-order chi connectivity index (χ1) is 7.24. The van der Waals surface area contributed by atoms with Crippen molar-refractivity contribution >= 4 is 0 Å². The molecule has 5 nitrogen and oxygen atoms in total. The first kappa shape index (κ1) is 10.4. The monoisotopic (exact) mass is 210 g/mol. The smallest absolute Gasteiger partial charge is 0.294 e. The standard InChI is InChI=1S/C10H18N4O/c1-3-14-9(11-12-10(14)15)8(2)13-6-4-5-7-13/h8H,3-7H2,1-2H3,(H,12,15)/t8-/m0/s1. The van der Waals surface area contributed by atoms with Gasteiger partial charge in [-0.15, -0.1) is 0 Å². The maximum Gasteiger partial charge on any atom is 0.343 e. The van der Waals surface area contributed by atoms with E-state index in [1.165, 1.54) is 12.8 Å². The first-order valence-corrected chi connectivity index (χ1v) is 5.63. The molecule has 5 heteroatoms. The number of nitrogens with zero attached hydrogens (tertiary/aromatic N) is 3. The van der Waals surface area contributed by atoms with E-state index in [0.717, 1.165) is 18.9 Å². The van der Waals surface area contributed by atoms with Crippen LogP contribution in [-0.4, -0.2) is 32.8 Å². The van der Waals surface area contributed by atoms with Crippen LogP contribution in [0.2, 0.25) is 0 Å². The van der Waals surface area contributed by atoms with E-state index in [1.54, 1.807) is 4.57 Å². The molecular weight excluding hydrogens is 192 g/mol. The molecule has 0 spiro atoms. The Labute approximate surface area is 89.1 Å². The van der Waals surface area contributed by atoms with Gasteiger partial charge in [0.2, 0.25) is 0 Å². The zero-order chi connectivity index (χ0) is 10.8. The molecule has 0 amide bonds. The quantitative estimate of drug-likeness (QED) is 0.801. The van der Waals surface area contributed by atoms with Gasteiger partial charge in [-0.25, -0.2) is 9.89 Å². The lowest BCUT2D eigenvalue weighted by Crippen LogP contribution is -2.28. The molecule has 0 bridgehead atoms. The molecule has 0 unspecified atom stereocenters. The minimum absolute atomic E-state index is 0.0986. The van der Waals surface area contributed by atoms with Gasteiger partial charge in [-0.3, -0.25) is 9.47 Å². The molecular formula is C10H18N4O. The van der Waals surface area contributed by atoms with E-state index in [0.29, 0.717) is 6.54 Å². The maximum absolute atomic E-state index is 11.4. The summed E-state index contributed by atoms with van der Waals surface area (Å²) < 4.78 is 1.71. The van der Waals surface area contributed by atoms with Gasteiger partial charge >= 0.3 is 5.69 Å². The summed E-state index contributed by atoms with van der Waals surface area (Å²) in [7, 11) is 0. The molecule has 1 N–H and O–H groups in total. The predicted molar refractivity (Wildman–Crippen MR) is 57.7 cm³/mol. The highest BCUT2D eigenvalue weighted by Crippen LogP contribution is 2.21. The van der Waals surface area contributed by atoms with Crippen molar-refractivity contribution in [2.24, 2.45) is 0 Å². The summed E-state index contributed by atoms with van der Waals surface area (Å²) in [5.41, 5.74) is -0.0986. The molecule has 0 saturated carbocycles. The summed E-state index contributed by atoms with van der Waals surface area (Å²) >= 11 is 0. The topological polar surface area (TPSA) is 53.9 Å². The Hall–Kier alpha value is -1.10. The molecule has 1 aromatic heterocycles. The van der Waals surface area contributed by atoms with Crippen molar-refractivity contribution in [1.29, 1.82) is 0 Å². The molecule has 15 heavy (non-hydrogen) atoms. The number of H-pyrrole nitrogens is 1. The van der Waals surface area contributed by atoms with Crippen LogP contribution in [0.25, 0.3) is 0 Å². The van der Waals surface area contributed by atoms with E-state index in [-0.39, 0.29) is 11.7 Å². The van der Waals surface area contributed by atoms with Gasteiger partial charge in [0, 0.05) is 6.54 Å². The Morgan fingerprint density at radius 3 is 2.73 bits per heavy atom. The number of rotatable bonds is 3. The van der Waals surface area contributed by atoms with Crippen molar-refractivity contribution in [1.82, 2.24) is 19.7 Å². The Bertz CT molecular complexity index is 375. The van der Waals surface area contributed by atoms with Crippen molar-refractivity contribution in [3.63, 3.8) is 0 Å². The van der Waals surface area contributed by atoms with Crippen molar-refractivity contribution < 1.29 is 0 Å². The third-order valence-corrected chi connectivity index (χ3v) is 3.17. The van der Waals surface area contributed by atoms with Crippen LogP contribution < -0.4 is 5.69 Å². The van der Waals surface area contributed by atoms with Gasteiger partial charge in [0.1, 0.15) is 0 Å². The van der Waals surface area contributed by atoms with E-state index in [1.807, 2.05) is 6.92 Å². The highest BCUT2D eigenvalue weighted by molar-refractivity contribution is 4.95. The molecule has 1 aliphatic heterocycles. The van der Waals surface area contributed by atoms with Crippen LogP contribution in [0.1, 0.15) is 38.6 Å². The van der Waals surface area contributed by atoms with Gasteiger partial charge in [0.05, 0.1) is 6.04 Å². The number of nitrogens with one attached hydrogen (secondary N) is 1. The zero-order valence-corrected chi connectivity index (χ0v) is 9.36. The normalized spacial score (nSPS) is 19.6. The third kappa shape index (κ3) is 1.84. The lowest BCUT2D eigenvalue weighted by molar-refractivity contribution is 0.247. The Balaban J connectivity index is 2.24. The number of likely N-dealkylation sites (tertiary alicyclic amines) is 1. The molecule has 84 valence electrons. The molecule has 2 heterocycles. The average molecular weight is 210 g/mol. The number of hydrogen-bond acceptors (Lipinski definition) is 3. The van der Waals surface area contributed by atoms with E-state index >= 15 is 0 Å². The minimum Gasteiger partial charge on any atom is -0.294 e. The lowest BCUT2D eigenvalue weighted by Gasteiger charge is -2.22. The van der Waals surface area contributed by atoms with Crippen molar-refractivity contribution in [2.45, 2.75) is 39.3 Å². The Kier molecular flexibility index (Phi) is 2.90. The fraction of sp³-hybridized carbons (Fsp3) is 0.800. The van der Waals surface area contributed by atoms with Gasteiger partial charge in [0.15, 0.2) is 5.82 Å². The molecule has 0 radical (unpaired) electrons. The van der Waals surface area contributed by atoms with Gasteiger partial charge in [-0.2, -0.15) is 5.10 Å². The molecule has 1 atom stereocenters. The van der Waals surface area contributed by atoms with Gasteiger partial charge in [-0.1, -0.05) is 0 Å². The van der Waals surface area contributed by atoms with Gasteiger partial charge in [0.25, 0.3) is 0 Å². The van der Waals surface area contributed by atoms with E-state index in [4.69, 9.17) is 0 Å². The van der Waals surface area contributed by atoms with Crippen LogP contribution in [0, 0.1) is 0 Å². The maximum atomic E-state index is 11.4. The minimum atomic E-state index is -0.0986. The summed E-state index contributed by atoms with van der Waals surface area (Å²) in [5.74, 6) is 0.865. The van der Waals surface area contributed by atoms with Gasteiger partial charge in [-0.05, 0) is 39.8 Å². The largest absolute Gasteiger partial charge is 0.343 e. The van der Waals surface area contributed by atoms with Crippen LogP contribution in [0.3, 0.4) is 0 Å². The van der Waals surface area contributed by atoms with E-state index in [9.17, 15) is 4.79 Å². The molecule has 1 saturated heterocycles. The highest BCUT2D eigenvalue weighted by atomic mass is 16.1. The van der Waals surface area contributed by atoms with Gasteiger partial charge < -0.3 is 0 Å². The van der Waals surface area contributed by atoms with E-state index < -0.39 is 0 Å². The lowest BCUT2D eigenvalue weighted by atomic mass is 10.3. The summed E-state index contributed by atoms with van der Waals surface area (Å²) in [6.07, 6.45) is 2.51. The van der Waals surface area contributed by atoms with Crippen LogP contribution in [0.5, 0.6) is 0 Å². The highest BCUT2D eigenvalue weighted by Gasteiger charge is 2.23. The molecule has 0 aliphatic carbocycles. The molecule has 2 rings (SSSR count). The van der Waals surface area contributed by atoms with E-state index in [2.05, 4.69) is 22.0 Å². The SMILES string of the molecule is CCn1c([C@H](C)N2CCCC2)n[nH]c1=O. The Morgan fingerprint density at radius 1 is 1.47 bits per heavy atom. The second kappa shape index (κ2) is 4.18. The summed E-state index contributed by atoms with van der Waals surface area (Å²) in [6, 6.07) is 0.242. The number of aromatic amines is 1. The zero-order valence-electron chi connectivity index (χ0n) is 9.36.